The summed E-state index contributed by atoms with van der Waals surface area (Å²) in [7, 11) is -3.88. The molecule has 1 aromatic carbocycles. The average Bonchev–Trinajstić information content (AvgIpc) is 2.28. The van der Waals surface area contributed by atoms with Crippen LogP contribution in [0.3, 0.4) is 0 Å². The van der Waals surface area contributed by atoms with E-state index in [2.05, 4.69) is 0 Å². The zero-order valence-corrected chi connectivity index (χ0v) is 11.5. The molecule has 0 radical (unpaired) electrons. The Balaban J connectivity index is 3.13. The predicted molar refractivity (Wildman–Crippen MR) is 69.6 cm³/mol. The molecule has 0 saturated carbocycles. The zero-order valence-electron chi connectivity index (χ0n) is 9.97. The van der Waals surface area contributed by atoms with Crippen LogP contribution >= 0.6 is 11.6 Å². The summed E-state index contributed by atoms with van der Waals surface area (Å²) in [5.74, 6) is -1.32. The van der Waals surface area contributed by atoms with Gasteiger partial charge in [-0.1, -0.05) is 37.4 Å². The summed E-state index contributed by atoms with van der Waals surface area (Å²) in [6.45, 7) is 1.88. The van der Waals surface area contributed by atoms with E-state index in [9.17, 15) is 13.2 Å². The second-order valence-corrected chi connectivity index (χ2v) is 6.54. The zero-order chi connectivity index (χ0) is 13.8. The van der Waals surface area contributed by atoms with Crippen LogP contribution in [0.5, 0.6) is 0 Å². The van der Waals surface area contributed by atoms with E-state index >= 15 is 0 Å². The van der Waals surface area contributed by atoms with Gasteiger partial charge in [-0.3, -0.25) is 4.79 Å². The highest BCUT2D eigenvalue weighted by atomic mass is 35.5. The third-order valence-electron chi connectivity index (χ3n) is 2.59. The summed E-state index contributed by atoms with van der Waals surface area (Å²) in [6, 6.07) is 5.68. The Labute approximate surface area is 112 Å². The lowest BCUT2D eigenvalue weighted by atomic mass is 10.2. The third-order valence-corrected chi connectivity index (χ3v) is 4.93. The maximum atomic E-state index is 12.2. The molecular formula is C12H15ClO4S. The number of sulfone groups is 1. The molecule has 1 atom stereocenters. The van der Waals surface area contributed by atoms with Crippen LogP contribution in [-0.4, -0.2) is 24.7 Å². The Morgan fingerprint density at radius 2 is 2.11 bits per heavy atom. The molecule has 0 fully saturated rings. The fraction of sp³-hybridized carbons (Fsp3) is 0.417. The van der Waals surface area contributed by atoms with E-state index < -0.39 is 21.1 Å². The first-order valence-corrected chi connectivity index (χ1v) is 7.54. The SMILES string of the molecule is CCCCC(C(=O)O)S(=O)(=O)c1cccc(Cl)c1. The van der Waals surface area contributed by atoms with E-state index in [0.717, 1.165) is 6.42 Å². The van der Waals surface area contributed by atoms with Gasteiger partial charge in [-0.05, 0) is 24.6 Å². The maximum Gasteiger partial charge on any atom is 0.322 e. The second kappa shape index (κ2) is 6.20. The van der Waals surface area contributed by atoms with Crippen LogP contribution in [0, 0.1) is 0 Å². The van der Waals surface area contributed by atoms with Gasteiger partial charge in [-0.25, -0.2) is 8.42 Å². The molecule has 1 aromatic rings. The maximum absolute atomic E-state index is 12.2. The summed E-state index contributed by atoms with van der Waals surface area (Å²) in [5.41, 5.74) is 0. The Hall–Kier alpha value is -1.07. The van der Waals surface area contributed by atoms with Gasteiger partial charge in [0, 0.05) is 5.02 Å². The highest BCUT2D eigenvalue weighted by Gasteiger charge is 2.33. The van der Waals surface area contributed by atoms with E-state index in [1.807, 2.05) is 6.92 Å². The highest BCUT2D eigenvalue weighted by Crippen LogP contribution is 2.23. The van der Waals surface area contributed by atoms with Gasteiger partial charge in [-0.2, -0.15) is 0 Å². The molecule has 6 heteroatoms. The first-order valence-electron chi connectivity index (χ1n) is 5.62. The second-order valence-electron chi connectivity index (χ2n) is 3.97. The van der Waals surface area contributed by atoms with E-state index in [1.165, 1.54) is 18.2 Å². The Kier molecular flexibility index (Phi) is 5.16. The molecule has 0 aromatic heterocycles. The van der Waals surface area contributed by atoms with Crippen molar-refractivity contribution in [2.24, 2.45) is 0 Å². The van der Waals surface area contributed by atoms with Gasteiger partial charge < -0.3 is 5.11 Å². The van der Waals surface area contributed by atoms with Crippen molar-refractivity contribution in [2.45, 2.75) is 36.3 Å². The van der Waals surface area contributed by atoms with Crippen molar-refractivity contribution < 1.29 is 18.3 Å². The van der Waals surface area contributed by atoms with Crippen molar-refractivity contribution in [3.8, 4) is 0 Å². The summed E-state index contributed by atoms with van der Waals surface area (Å²) in [6.07, 6.45) is 1.41. The number of carbonyl (C=O) groups is 1. The molecule has 1 N–H and O–H groups in total. The predicted octanol–water partition coefficient (Wildman–Crippen LogP) is 2.76. The van der Waals surface area contributed by atoms with Gasteiger partial charge >= 0.3 is 5.97 Å². The number of benzene rings is 1. The Morgan fingerprint density at radius 1 is 1.44 bits per heavy atom. The summed E-state index contributed by atoms with van der Waals surface area (Å²) in [4.78, 5) is 11.1. The molecule has 0 saturated heterocycles. The van der Waals surface area contributed by atoms with E-state index in [4.69, 9.17) is 16.7 Å². The molecule has 0 aliphatic heterocycles. The number of aliphatic carboxylic acids is 1. The number of halogens is 1. The van der Waals surface area contributed by atoms with Gasteiger partial charge in [0.15, 0.2) is 15.1 Å². The van der Waals surface area contributed by atoms with E-state index in [-0.39, 0.29) is 16.3 Å². The first-order chi connectivity index (χ1) is 8.39. The number of carboxylic acids is 1. The molecule has 18 heavy (non-hydrogen) atoms. The fourth-order valence-corrected chi connectivity index (χ4v) is 3.49. The molecule has 0 amide bonds. The summed E-state index contributed by atoms with van der Waals surface area (Å²) >= 11 is 5.73. The molecular weight excluding hydrogens is 276 g/mol. The van der Waals surface area contributed by atoms with Gasteiger partial charge in [0.05, 0.1) is 4.90 Å². The van der Waals surface area contributed by atoms with Crippen molar-refractivity contribution in [1.29, 1.82) is 0 Å². The van der Waals surface area contributed by atoms with Gasteiger partial charge in [0.2, 0.25) is 0 Å². The number of unbranched alkanes of at least 4 members (excludes halogenated alkanes) is 1. The molecule has 0 spiro atoms. The molecule has 1 unspecified atom stereocenters. The van der Waals surface area contributed by atoms with Gasteiger partial charge in [-0.15, -0.1) is 0 Å². The van der Waals surface area contributed by atoms with Crippen molar-refractivity contribution in [3.63, 3.8) is 0 Å². The van der Waals surface area contributed by atoms with E-state index in [1.54, 1.807) is 6.07 Å². The summed E-state index contributed by atoms with van der Waals surface area (Å²) in [5, 5.41) is 7.92. The Morgan fingerprint density at radius 3 is 2.61 bits per heavy atom. The van der Waals surface area contributed by atoms with Crippen LogP contribution in [0.4, 0.5) is 0 Å². The fourth-order valence-electron chi connectivity index (χ4n) is 1.61. The van der Waals surface area contributed by atoms with Crippen molar-refractivity contribution in [3.05, 3.63) is 29.3 Å². The van der Waals surface area contributed by atoms with Crippen LogP contribution in [0.2, 0.25) is 5.02 Å². The molecule has 1 rings (SSSR count). The van der Waals surface area contributed by atoms with Gasteiger partial charge in [0.1, 0.15) is 0 Å². The minimum absolute atomic E-state index is 0.0431. The number of carboxylic acid groups (broad SMARTS) is 1. The first kappa shape index (κ1) is 15.0. The van der Waals surface area contributed by atoms with Crippen LogP contribution in [-0.2, 0) is 14.6 Å². The molecule has 4 nitrogen and oxygen atoms in total. The Bertz CT molecular complexity index is 525. The van der Waals surface area contributed by atoms with Crippen LogP contribution in [0.25, 0.3) is 0 Å². The van der Waals surface area contributed by atoms with Crippen LogP contribution in [0.15, 0.2) is 29.2 Å². The molecule has 0 aliphatic rings. The summed E-state index contributed by atoms with van der Waals surface area (Å²) < 4.78 is 24.4. The lowest BCUT2D eigenvalue weighted by molar-refractivity contribution is -0.136. The smallest absolute Gasteiger partial charge is 0.322 e. The van der Waals surface area contributed by atoms with Crippen molar-refractivity contribution >= 4 is 27.4 Å². The third kappa shape index (κ3) is 3.46. The highest BCUT2D eigenvalue weighted by molar-refractivity contribution is 7.92. The van der Waals surface area contributed by atoms with Crippen molar-refractivity contribution in [2.75, 3.05) is 0 Å². The lowest BCUT2D eigenvalue weighted by Gasteiger charge is -2.13. The normalized spacial score (nSPS) is 13.2. The number of rotatable bonds is 6. The minimum atomic E-state index is -3.88. The van der Waals surface area contributed by atoms with Crippen LogP contribution in [0.1, 0.15) is 26.2 Å². The lowest BCUT2D eigenvalue weighted by Crippen LogP contribution is -2.30. The van der Waals surface area contributed by atoms with E-state index in [0.29, 0.717) is 6.42 Å². The number of hydrogen-bond donors (Lipinski definition) is 1. The molecule has 0 bridgehead atoms. The van der Waals surface area contributed by atoms with Gasteiger partial charge in [0.25, 0.3) is 0 Å². The van der Waals surface area contributed by atoms with Crippen molar-refractivity contribution in [1.82, 2.24) is 0 Å². The van der Waals surface area contributed by atoms with Crippen LogP contribution < -0.4 is 0 Å². The topological polar surface area (TPSA) is 71.4 Å². The quantitative estimate of drug-likeness (QED) is 0.874. The number of hydrogen-bond acceptors (Lipinski definition) is 3. The largest absolute Gasteiger partial charge is 0.480 e. The standard InChI is InChI=1S/C12H15ClO4S/c1-2-3-7-11(12(14)15)18(16,17)10-6-4-5-9(13)8-10/h4-6,8,11H,2-3,7H2,1H3,(H,14,15). The molecule has 0 heterocycles. The molecule has 0 aliphatic carbocycles. The monoisotopic (exact) mass is 290 g/mol. The minimum Gasteiger partial charge on any atom is -0.480 e. The molecule has 100 valence electrons. The average molecular weight is 291 g/mol.